The average molecular weight is 491 g/mol. The van der Waals surface area contributed by atoms with Crippen LogP contribution in [-0.2, 0) is 24.1 Å². The van der Waals surface area contributed by atoms with Crippen LogP contribution in [0.15, 0.2) is 48.5 Å². The fourth-order valence-corrected chi connectivity index (χ4v) is 6.16. The van der Waals surface area contributed by atoms with E-state index in [9.17, 15) is 9.59 Å². The van der Waals surface area contributed by atoms with Gasteiger partial charge in [-0.2, -0.15) is 0 Å². The number of hydrogen-bond acceptors (Lipinski definition) is 5. The van der Waals surface area contributed by atoms with Crippen molar-refractivity contribution >= 4 is 11.9 Å². The summed E-state index contributed by atoms with van der Waals surface area (Å²) in [5, 5.41) is 0. The quantitative estimate of drug-likeness (QED) is 0.533. The lowest BCUT2D eigenvalue weighted by Gasteiger charge is -2.44. The Labute approximate surface area is 214 Å². The van der Waals surface area contributed by atoms with E-state index in [2.05, 4.69) is 29.2 Å². The summed E-state index contributed by atoms with van der Waals surface area (Å²) >= 11 is 0. The Balaban J connectivity index is 1.31. The number of amides is 3. The van der Waals surface area contributed by atoms with Gasteiger partial charge in [0.1, 0.15) is 11.3 Å². The Bertz CT molecular complexity index is 1070. The van der Waals surface area contributed by atoms with Crippen molar-refractivity contribution in [2.45, 2.75) is 43.7 Å². The first-order chi connectivity index (χ1) is 17.4. The predicted molar refractivity (Wildman–Crippen MR) is 140 cm³/mol. The summed E-state index contributed by atoms with van der Waals surface area (Å²) in [7, 11) is 5.60. The van der Waals surface area contributed by atoms with Gasteiger partial charge in [-0.25, -0.2) is 4.79 Å². The molecule has 0 unspecified atom stereocenters. The average Bonchev–Trinajstić information content (AvgIpc) is 3.40. The van der Waals surface area contributed by atoms with Gasteiger partial charge in [-0.05, 0) is 75.0 Å². The highest BCUT2D eigenvalue weighted by Gasteiger charge is 2.57. The van der Waals surface area contributed by atoms with Crippen LogP contribution in [0.5, 0.6) is 5.75 Å². The van der Waals surface area contributed by atoms with Crippen LogP contribution in [0.3, 0.4) is 0 Å². The Kier molecular flexibility index (Phi) is 7.04. The van der Waals surface area contributed by atoms with Crippen LogP contribution in [0, 0.1) is 0 Å². The highest BCUT2D eigenvalue weighted by atomic mass is 16.5. The number of carbonyl (C=O) groups is 2. The summed E-state index contributed by atoms with van der Waals surface area (Å²) in [4.78, 5) is 35.4. The van der Waals surface area contributed by atoms with Gasteiger partial charge in [0.2, 0.25) is 0 Å². The second-order valence-corrected chi connectivity index (χ2v) is 10.7. The molecule has 1 spiro atoms. The van der Waals surface area contributed by atoms with Crippen LogP contribution in [0.25, 0.3) is 0 Å². The molecule has 2 fully saturated rings. The predicted octanol–water partition coefficient (Wildman–Crippen LogP) is 3.07. The Hall–Kier alpha value is -2.90. The molecule has 7 heteroatoms. The lowest BCUT2D eigenvalue weighted by atomic mass is 9.84. The molecule has 5 rings (SSSR count). The lowest BCUT2D eigenvalue weighted by molar-refractivity contribution is -0.136. The van der Waals surface area contributed by atoms with E-state index < -0.39 is 5.54 Å². The minimum absolute atomic E-state index is 0.00145. The minimum atomic E-state index is -0.724. The van der Waals surface area contributed by atoms with E-state index in [1.807, 2.05) is 48.2 Å². The molecule has 1 aliphatic carbocycles. The molecule has 2 aromatic carbocycles. The van der Waals surface area contributed by atoms with Crippen molar-refractivity contribution < 1.29 is 14.3 Å². The van der Waals surface area contributed by atoms with Crippen molar-refractivity contribution in [1.29, 1.82) is 0 Å². The van der Waals surface area contributed by atoms with E-state index in [-0.39, 0.29) is 11.9 Å². The van der Waals surface area contributed by atoms with E-state index in [0.717, 1.165) is 37.2 Å². The number of urea groups is 1. The van der Waals surface area contributed by atoms with Crippen LogP contribution in [0.4, 0.5) is 4.79 Å². The van der Waals surface area contributed by atoms with Crippen molar-refractivity contribution in [3.05, 3.63) is 65.2 Å². The Morgan fingerprint density at radius 2 is 1.58 bits per heavy atom. The van der Waals surface area contributed by atoms with Crippen LogP contribution in [0.1, 0.15) is 29.5 Å². The third-order valence-electron chi connectivity index (χ3n) is 8.35. The number of likely N-dealkylation sites (N-methyl/N-ethyl adjacent to an activating group) is 1. The van der Waals surface area contributed by atoms with E-state index in [0.29, 0.717) is 44.9 Å². The summed E-state index contributed by atoms with van der Waals surface area (Å²) < 4.78 is 5.28. The number of piperidine rings is 1. The van der Waals surface area contributed by atoms with Gasteiger partial charge in [0, 0.05) is 38.8 Å². The molecule has 0 radical (unpaired) electrons. The van der Waals surface area contributed by atoms with Crippen molar-refractivity contribution in [2.24, 2.45) is 0 Å². The third kappa shape index (κ3) is 4.62. The zero-order chi connectivity index (χ0) is 25.3. The van der Waals surface area contributed by atoms with Gasteiger partial charge in [-0.15, -0.1) is 0 Å². The molecule has 2 aliphatic heterocycles. The van der Waals surface area contributed by atoms with Gasteiger partial charge in [-0.1, -0.05) is 36.4 Å². The van der Waals surface area contributed by atoms with Gasteiger partial charge in [0.05, 0.1) is 7.11 Å². The van der Waals surface area contributed by atoms with E-state index in [1.54, 1.807) is 7.11 Å². The molecule has 2 heterocycles. The number of hydrogen-bond donors (Lipinski definition) is 0. The number of methoxy groups -OCH3 is 1. The monoisotopic (exact) mass is 490 g/mol. The number of carbonyl (C=O) groups excluding carboxylic acids is 2. The van der Waals surface area contributed by atoms with Crippen molar-refractivity contribution in [1.82, 2.24) is 19.6 Å². The molecular weight excluding hydrogens is 452 g/mol. The van der Waals surface area contributed by atoms with Gasteiger partial charge < -0.3 is 14.5 Å². The molecule has 0 saturated carbocycles. The Morgan fingerprint density at radius 1 is 0.944 bits per heavy atom. The molecule has 0 bridgehead atoms. The largest absolute Gasteiger partial charge is 0.497 e. The maximum Gasteiger partial charge on any atom is 0.327 e. The highest BCUT2D eigenvalue weighted by molar-refractivity contribution is 6.07. The highest BCUT2D eigenvalue weighted by Crippen LogP contribution is 2.39. The maximum atomic E-state index is 13.8. The van der Waals surface area contributed by atoms with Gasteiger partial charge >= 0.3 is 6.03 Å². The summed E-state index contributed by atoms with van der Waals surface area (Å²) in [5.41, 5.74) is 3.31. The molecule has 3 aliphatic rings. The molecular formula is C29H38N4O3. The molecule has 7 nitrogen and oxygen atoms in total. The van der Waals surface area contributed by atoms with Crippen LogP contribution < -0.4 is 4.74 Å². The van der Waals surface area contributed by atoms with Crippen molar-refractivity contribution in [3.8, 4) is 5.75 Å². The molecule has 192 valence electrons. The smallest absolute Gasteiger partial charge is 0.327 e. The van der Waals surface area contributed by atoms with E-state index >= 15 is 0 Å². The second kappa shape index (κ2) is 10.2. The molecule has 2 aromatic rings. The fraction of sp³-hybridized carbons (Fsp3) is 0.517. The number of rotatable bonds is 8. The SMILES string of the molecule is COc1ccc(CCN2C(=O)N(CCN(C)C)C(=O)C23CCN(C2Cc4ccccc4C2)CC3)cc1. The number of benzene rings is 2. The normalized spacial score (nSPS) is 20.1. The second-order valence-electron chi connectivity index (χ2n) is 10.7. The minimum Gasteiger partial charge on any atom is -0.497 e. The molecule has 2 saturated heterocycles. The summed E-state index contributed by atoms with van der Waals surface area (Å²) in [6.07, 6.45) is 4.27. The van der Waals surface area contributed by atoms with Crippen LogP contribution >= 0.6 is 0 Å². The first-order valence-corrected chi connectivity index (χ1v) is 13.1. The maximum absolute atomic E-state index is 13.8. The lowest BCUT2D eigenvalue weighted by Crippen LogP contribution is -2.58. The first kappa shape index (κ1) is 24.8. The summed E-state index contributed by atoms with van der Waals surface area (Å²) in [5.74, 6) is 0.817. The first-order valence-electron chi connectivity index (χ1n) is 13.1. The van der Waals surface area contributed by atoms with Gasteiger partial charge in [0.25, 0.3) is 5.91 Å². The molecule has 3 amide bonds. The number of imide groups is 1. The van der Waals surface area contributed by atoms with Crippen LogP contribution in [0.2, 0.25) is 0 Å². The van der Waals surface area contributed by atoms with E-state index in [4.69, 9.17) is 4.74 Å². The Morgan fingerprint density at radius 3 is 2.17 bits per heavy atom. The number of likely N-dealkylation sites (tertiary alicyclic amines) is 1. The summed E-state index contributed by atoms with van der Waals surface area (Å²) in [6, 6.07) is 17.1. The zero-order valence-electron chi connectivity index (χ0n) is 21.8. The fourth-order valence-electron chi connectivity index (χ4n) is 6.16. The summed E-state index contributed by atoms with van der Waals surface area (Å²) in [6.45, 7) is 3.35. The van der Waals surface area contributed by atoms with E-state index in [1.165, 1.54) is 16.0 Å². The molecule has 0 aromatic heterocycles. The molecule has 36 heavy (non-hydrogen) atoms. The van der Waals surface area contributed by atoms with Crippen molar-refractivity contribution in [3.63, 3.8) is 0 Å². The van der Waals surface area contributed by atoms with Gasteiger partial charge in [0.15, 0.2) is 0 Å². The number of ether oxygens (including phenoxy) is 1. The van der Waals surface area contributed by atoms with Crippen molar-refractivity contribution in [2.75, 3.05) is 53.9 Å². The van der Waals surface area contributed by atoms with Crippen LogP contribution in [-0.4, -0.2) is 97.0 Å². The molecule has 0 atom stereocenters. The molecule has 0 N–H and O–H groups in total. The number of nitrogens with zero attached hydrogens (tertiary/aromatic N) is 4. The standard InChI is InChI=1S/C29H38N4O3/c1-30(2)18-19-32-27(34)29(33(28(32)35)15-12-22-8-10-26(36-3)11-9-22)13-16-31(17-14-29)25-20-23-6-4-5-7-24(23)21-25/h4-11,25H,12-21H2,1-3H3. The van der Waals surface area contributed by atoms with Gasteiger partial charge in [-0.3, -0.25) is 14.6 Å². The zero-order valence-corrected chi connectivity index (χ0v) is 21.8. The third-order valence-corrected chi connectivity index (χ3v) is 8.35. The number of fused-ring (bicyclic) bond motifs is 1. The topological polar surface area (TPSA) is 56.3 Å².